The Hall–Kier alpha value is -1.55. The van der Waals surface area contributed by atoms with Crippen molar-refractivity contribution >= 4 is 5.91 Å². The zero-order valence-electron chi connectivity index (χ0n) is 9.93. The summed E-state index contributed by atoms with van der Waals surface area (Å²) in [7, 11) is 1.82. The monoisotopic (exact) mass is 235 g/mol. The van der Waals surface area contributed by atoms with E-state index in [2.05, 4.69) is 0 Å². The Bertz CT molecular complexity index is 388. The van der Waals surface area contributed by atoms with Crippen LogP contribution >= 0.6 is 0 Å². The number of likely N-dealkylation sites (N-methyl/N-ethyl adjacent to an activating group) is 1. The highest BCUT2D eigenvalue weighted by atomic mass is 16.5. The van der Waals surface area contributed by atoms with Crippen molar-refractivity contribution in [2.45, 2.75) is 18.9 Å². The largest absolute Gasteiger partial charge is 0.508 e. The van der Waals surface area contributed by atoms with Crippen LogP contribution < -0.4 is 0 Å². The number of hydrogen-bond acceptors (Lipinski definition) is 3. The average molecular weight is 235 g/mol. The van der Waals surface area contributed by atoms with Gasteiger partial charge in [0, 0.05) is 7.05 Å². The number of rotatable bonds is 2. The molecule has 1 aromatic carbocycles. The minimum absolute atomic E-state index is 0.0783. The Labute approximate surface area is 101 Å². The number of carbonyl (C=O) groups excluding carboxylic acids is 1. The summed E-state index contributed by atoms with van der Waals surface area (Å²) in [6, 6.07) is 7.15. The summed E-state index contributed by atoms with van der Waals surface area (Å²) in [6.45, 7) is 1.08. The molecular formula is C13H17NO3. The molecule has 92 valence electrons. The van der Waals surface area contributed by atoms with E-state index in [1.165, 1.54) is 0 Å². The molecule has 1 aliphatic rings. The fraction of sp³-hybridized carbons (Fsp3) is 0.462. The van der Waals surface area contributed by atoms with E-state index in [0.717, 1.165) is 12.0 Å². The second-order valence-corrected chi connectivity index (χ2v) is 4.35. The Morgan fingerprint density at radius 3 is 2.82 bits per heavy atom. The lowest BCUT2D eigenvalue weighted by atomic mass is 10.1. The molecule has 4 heteroatoms. The Morgan fingerprint density at radius 1 is 1.41 bits per heavy atom. The van der Waals surface area contributed by atoms with Gasteiger partial charge in [0.2, 0.25) is 5.91 Å². The Morgan fingerprint density at radius 2 is 2.12 bits per heavy atom. The number of hydrogen-bond donors (Lipinski definition) is 1. The topological polar surface area (TPSA) is 49.8 Å². The van der Waals surface area contributed by atoms with Crippen molar-refractivity contribution < 1.29 is 14.6 Å². The van der Waals surface area contributed by atoms with Gasteiger partial charge in [0.1, 0.15) is 5.75 Å². The fourth-order valence-electron chi connectivity index (χ4n) is 1.97. The van der Waals surface area contributed by atoms with Crippen LogP contribution in [0.1, 0.15) is 12.0 Å². The lowest BCUT2D eigenvalue weighted by Gasteiger charge is -2.25. The van der Waals surface area contributed by atoms with Gasteiger partial charge in [-0.15, -0.1) is 0 Å². The van der Waals surface area contributed by atoms with Crippen molar-refractivity contribution in [2.24, 2.45) is 0 Å². The van der Waals surface area contributed by atoms with Gasteiger partial charge in [-0.3, -0.25) is 4.79 Å². The predicted octanol–water partition coefficient (Wildman–Crippen LogP) is 1.18. The summed E-state index contributed by atoms with van der Waals surface area (Å²) in [5, 5.41) is 9.21. The number of benzene rings is 1. The first kappa shape index (κ1) is 11.9. The summed E-state index contributed by atoms with van der Waals surface area (Å²) in [5.41, 5.74) is 1.10. The lowest BCUT2D eigenvalue weighted by molar-refractivity contribution is -0.130. The molecule has 1 aromatic rings. The third kappa shape index (κ3) is 2.97. The lowest BCUT2D eigenvalue weighted by Crippen LogP contribution is -2.39. The summed E-state index contributed by atoms with van der Waals surface area (Å²) in [6.07, 6.45) is 1.21. The summed E-state index contributed by atoms with van der Waals surface area (Å²) < 4.78 is 5.43. The van der Waals surface area contributed by atoms with Gasteiger partial charge >= 0.3 is 0 Å². The molecule has 0 aromatic heterocycles. The van der Waals surface area contributed by atoms with E-state index in [0.29, 0.717) is 19.6 Å². The highest BCUT2D eigenvalue weighted by Gasteiger charge is 2.23. The van der Waals surface area contributed by atoms with Crippen molar-refractivity contribution in [3.8, 4) is 5.75 Å². The van der Waals surface area contributed by atoms with Crippen LogP contribution in [0.4, 0.5) is 0 Å². The van der Waals surface area contributed by atoms with Crippen LogP contribution in [0.2, 0.25) is 0 Å². The maximum Gasteiger partial charge on any atom is 0.224 e. The van der Waals surface area contributed by atoms with Crippen LogP contribution in [0, 0.1) is 0 Å². The second-order valence-electron chi connectivity index (χ2n) is 4.35. The van der Waals surface area contributed by atoms with Gasteiger partial charge in [0.05, 0.1) is 25.7 Å². The molecule has 2 rings (SSSR count). The molecule has 1 unspecified atom stereocenters. The fourth-order valence-corrected chi connectivity index (χ4v) is 1.97. The van der Waals surface area contributed by atoms with Gasteiger partial charge in [-0.05, 0) is 24.1 Å². The van der Waals surface area contributed by atoms with E-state index >= 15 is 0 Å². The SMILES string of the molecule is CN1C(=O)CCOCC1Cc1ccc(O)cc1. The van der Waals surface area contributed by atoms with E-state index in [1.807, 2.05) is 19.2 Å². The summed E-state index contributed by atoms with van der Waals surface area (Å²) in [5.74, 6) is 0.390. The summed E-state index contributed by atoms with van der Waals surface area (Å²) >= 11 is 0. The smallest absolute Gasteiger partial charge is 0.224 e. The van der Waals surface area contributed by atoms with E-state index in [1.54, 1.807) is 17.0 Å². The molecule has 1 atom stereocenters. The van der Waals surface area contributed by atoms with Crippen LogP contribution in [0.5, 0.6) is 5.75 Å². The molecule has 0 spiro atoms. The van der Waals surface area contributed by atoms with E-state index in [9.17, 15) is 9.90 Å². The quantitative estimate of drug-likeness (QED) is 0.837. The third-order valence-electron chi connectivity index (χ3n) is 3.12. The zero-order valence-corrected chi connectivity index (χ0v) is 9.93. The second kappa shape index (κ2) is 5.19. The van der Waals surface area contributed by atoms with Crippen LogP contribution in [-0.4, -0.2) is 42.2 Å². The molecule has 1 heterocycles. The third-order valence-corrected chi connectivity index (χ3v) is 3.12. The first-order valence-corrected chi connectivity index (χ1v) is 5.78. The molecule has 1 fully saturated rings. The zero-order chi connectivity index (χ0) is 12.3. The Kier molecular flexibility index (Phi) is 3.64. The van der Waals surface area contributed by atoms with Gasteiger partial charge < -0.3 is 14.7 Å². The van der Waals surface area contributed by atoms with Gasteiger partial charge in [-0.25, -0.2) is 0 Å². The van der Waals surface area contributed by atoms with Crippen LogP contribution in [0.25, 0.3) is 0 Å². The van der Waals surface area contributed by atoms with Crippen LogP contribution in [0.15, 0.2) is 24.3 Å². The van der Waals surface area contributed by atoms with Crippen molar-refractivity contribution in [3.05, 3.63) is 29.8 Å². The maximum absolute atomic E-state index is 11.7. The molecule has 17 heavy (non-hydrogen) atoms. The van der Waals surface area contributed by atoms with E-state index in [-0.39, 0.29) is 17.7 Å². The van der Waals surface area contributed by atoms with E-state index < -0.39 is 0 Å². The number of phenolic OH excluding ortho intramolecular Hbond substituents is 1. The molecule has 1 N–H and O–H groups in total. The number of phenols is 1. The molecular weight excluding hydrogens is 218 g/mol. The highest BCUT2D eigenvalue weighted by Crippen LogP contribution is 2.15. The molecule has 0 radical (unpaired) electrons. The van der Waals surface area contributed by atoms with Crippen molar-refractivity contribution in [3.63, 3.8) is 0 Å². The number of ether oxygens (including phenoxy) is 1. The maximum atomic E-state index is 11.7. The first-order valence-electron chi connectivity index (χ1n) is 5.78. The molecule has 0 saturated carbocycles. The van der Waals surface area contributed by atoms with Crippen LogP contribution in [-0.2, 0) is 16.0 Å². The minimum atomic E-state index is 0.0783. The molecule has 0 bridgehead atoms. The standard InChI is InChI=1S/C13H17NO3/c1-14-11(9-17-7-6-13(14)16)8-10-2-4-12(15)5-3-10/h2-5,11,15H,6-9H2,1H3. The minimum Gasteiger partial charge on any atom is -0.508 e. The van der Waals surface area contributed by atoms with Crippen molar-refractivity contribution in [1.82, 2.24) is 4.90 Å². The van der Waals surface area contributed by atoms with Crippen molar-refractivity contribution in [1.29, 1.82) is 0 Å². The van der Waals surface area contributed by atoms with Crippen molar-refractivity contribution in [2.75, 3.05) is 20.3 Å². The number of nitrogens with zero attached hydrogens (tertiary/aromatic N) is 1. The van der Waals surface area contributed by atoms with Gasteiger partial charge in [0.25, 0.3) is 0 Å². The number of carbonyl (C=O) groups is 1. The number of amides is 1. The van der Waals surface area contributed by atoms with Crippen LogP contribution in [0.3, 0.4) is 0 Å². The van der Waals surface area contributed by atoms with E-state index in [4.69, 9.17) is 4.74 Å². The number of aromatic hydroxyl groups is 1. The Balaban J connectivity index is 2.06. The molecule has 1 saturated heterocycles. The van der Waals surface area contributed by atoms with Gasteiger partial charge in [0.15, 0.2) is 0 Å². The first-order chi connectivity index (χ1) is 8.16. The van der Waals surface area contributed by atoms with Gasteiger partial charge in [-0.1, -0.05) is 12.1 Å². The molecule has 1 aliphatic heterocycles. The molecule has 1 amide bonds. The molecule has 4 nitrogen and oxygen atoms in total. The summed E-state index contributed by atoms with van der Waals surface area (Å²) in [4.78, 5) is 13.4. The van der Waals surface area contributed by atoms with Gasteiger partial charge in [-0.2, -0.15) is 0 Å². The normalized spacial score (nSPS) is 21.4. The highest BCUT2D eigenvalue weighted by molar-refractivity contribution is 5.76. The molecule has 0 aliphatic carbocycles. The average Bonchev–Trinajstić information content (AvgIpc) is 2.48. The predicted molar refractivity (Wildman–Crippen MR) is 63.8 cm³/mol.